The highest BCUT2D eigenvalue weighted by molar-refractivity contribution is 5.40. The lowest BCUT2D eigenvalue weighted by molar-refractivity contribution is -0.138. The maximum atomic E-state index is 12.9. The Morgan fingerprint density at radius 3 is 2.50 bits per heavy atom. The zero-order chi connectivity index (χ0) is 14.6. The number of ether oxygens (including phenoxy) is 1. The molecule has 5 heteroatoms. The molecule has 2 nitrogen and oxygen atoms in total. The number of alkyl halides is 3. The smallest absolute Gasteiger partial charge is 0.419 e. The van der Waals surface area contributed by atoms with Crippen molar-refractivity contribution in [3.8, 4) is 11.5 Å². The highest BCUT2D eigenvalue weighted by atomic mass is 19.4. The summed E-state index contributed by atoms with van der Waals surface area (Å²) >= 11 is 0. The van der Waals surface area contributed by atoms with Gasteiger partial charge >= 0.3 is 6.18 Å². The Hall–Kier alpha value is -2.01. The third-order valence-electron chi connectivity index (χ3n) is 2.70. The minimum atomic E-state index is -4.43. The average Bonchev–Trinajstić information content (AvgIpc) is 2.39. The van der Waals surface area contributed by atoms with Crippen LogP contribution >= 0.6 is 0 Å². The highest BCUT2D eigenvalue weighted by Crippen LogP contribution is 2.37. The van der Waals surface area contributed by atoms with Gasteiger partial charge in [-0.05, 0) is 36.9 Å². The van der Waals surface area contributed by atoms with Gasteiger partial charge in [0.25, 0.3) is 0 Å². The van der Waals surface area contributed by atoms with Crippen molar-refractivity contribution in [2.24, 2.45) is 0 Å². The van der Waals surface area contributed by atoms with E-state index in [1.54, 1.807) is 25.2 Å². The summed E-state index contributed by atoms with van der Waals surface area (Å²) in [5.41, 5.74) is 0.161. The molecular weight excluding hydrogens is 267 g/mol. The predicted molar refractivity (Wildman–Crippen MR) is 70.7 cm³/mol. The summed E-state index contributed by atoms with van der Waals surface area (Å²) in [6, 6.07) is 12.1. The van der Waals surface area contributed by atoms with Crippen LogP contribution in [0, 0.1) is 0 Å². The van der Waals surface area contributed by atoms with Gasteiger partial charge in [-0.3, -0.25) is 0 Å². The molecule has 0 fully saturated rings. The number of hydrogen-bond acceptors (Lipinski definition) is 2. The van der Waals surface area contributed by atoms with Crippen molar-refractivity contribution in [3.63, 3.8) is 0 Å². The maximum absolute atomic E-state index is 12.9. The summed E-state index contributed by atoms with van der Waals surface area (Å²) in [6.07, 6.45) is -4.43. The van der Waals surface area contributed by atoms with Gasteiger partial charge in [-0.1, -0.05) is 24.3 Å². The van der Waals surface area contributed by atoms with Crippen LogP contribution in [0.5, 0.6) is 11.5 Å². The summed E-state index contributed by atoms with van der Waals surface area (Å²) in [7, 11) is 1.80. The standard InChI is InChI=1S/C15H14F3NO/c1-19-10-11-5-4-6-12(9-11)20-14-8-3-2-7-13(14)15(16,17)18/h2-9,19H,10H2,1H3. The van der Waals surface area contributed by atoms with E-state index in [1.165, 1.54) is 18.2 Å². The van der Waals surface area contributed by atoms with Crippen LogP contribution < -0.4 is 10.1 Å². The molecule has 1 N–H and O–H groups in total. The van der Waals surface area contributed by atoms with Crippen molar-refractivity contribution in [2.45, 2.75) is 12.7 Å². The second-order valence-electron chi connectivity index (χ2n) is 4.27. The Labute approximate surface area is 115 Å². The molecule has 0 aliphatic heterocycles. The van der Waals surface area contributed by atoms with E-state index in [-0.39, 0.29) is 5.75 Å². The monoisotopic (exact) mass is 281 g/mol. The fraction of sp³-hybridized carbons (Fsp3) is 0.200. The SMILES string of the molecule is CNCc1cccc(Oc2ccccc2C(F)(F)F)c1. The highest BCUT2D eigenvalue weighted by Gasteiger charge is 2.34. The van der Waals surface area contributed by atoms with Crippen molar-refractivity contribution < 1.29 is 17.9 Å². The molecule has 0 heterocycles. The van der Waals surface area contributed by atoms with Gasteiger partial charge in [-0.15, -0.1) is 0 Å². The lowest BCUT2D eigenvalue weighted by Gasteiger charge is -2.13. The number of benzene rings is 2. The summed E-state index contributed by atoms with van der Waals surface area (Å²) in [6.45, 7) is 0.623. The second kappa shape index (κ2) is 5.96. The first kappa shape index (κ1) is 14.4. The molecule has 0 saturated carbocycles. The summed E-state index contributed by atoms with van der Waals surface area (Å²) < 4.78 is 44.0. The summed E-state index contributed by atoms with van der Waals surface area (Å²) in [4.78, 5) is 0. The maximum Gasteiger partial charge on any atom is 0.419 e. The summed E-state index contributed by atoms with van der Waals surface area (Å²) in [5, 5.41) is 2.98. The number of rotatable bonds is 4. The van der Waals surface area contributed by atoms with Gasteiger partial charge in [0.05, 0.1) is 5.56 Å². The second-order valence-corrected chi connectivity index (χ2v) is 4.27. The first-order valence-corrected chi connectivity index (χ1v) is 6.08. The van der Waals surface area contributed by atoms with Crippen LogP contribution in [0.4, 0.5) is 13.2 Å². The molecule has 0 spiro atoms. The van der Waals surface area contributed by atoms with Gasteiger partial charge in [0, 0.05) is 6.54 Å². The number of halogens is 3. The van der Waals surface area contributed by atoms with Crippen LogP contribution in [0.25, 0.3) is 0 Å². The number of nitrogens with one attached hydrogen (secondary N) is 1. The molecule has 0 amide bonds. The van der Waals surface area contributed by atoms with E-state index in [4.69, 9.17) is 4.74 Å². The Morgan fingerprint density at radius 2 is 1.80 bits per heavy atom. The van der Waals surface area contributed by atoms with E-state index in [9.17, 15) is 13.2 Å². The van der Waals surface area contributed by atoms with E-state index in [0.29, 0.717) is 12.3 Å². The molecule has 0 atom stereocenters. The minimum absolute atomic E-state index is 0.193. The van der Waals surface area contributed by atoms with Crippen LogP contribution in [0.3, 0.4) is 0 Å². The predicted octanol–water partition coefficient (Wildman–Crippen LogP) is 4.22. The lowest BCUT2D eigenvalue weighted by atomic mass is 10.2. The molecule has 0 aliphatic carbocycles. The van der Waals surface area contributed by atoms with Crippen LogP contribution in [0.1, 0.15) is 11.1 Å². The minimum Gasteiger partial charge on any atom is -0.457 e. The van der Waals surface area contributed by atoms with Crippen molar-refractivity contribution >= 4 is 0 Å². The molecule has 2 aromatic carbocycles. The van der Waals surface area contributed by atoms with E-state index in [0.717, 1.165) is 11.6 Å². The summed E-state index contributed by atoms with van der Waals surface area (Å²) in [5.74, 6) is 0.191. The molecule has 0 unspecified atom stereocenters. The normalized spacial score (nSPS) is 11.4. The van der Waals surface area contributed by atoms with Crippen molar-refractivity contribution in [1.29, 1.82) is 0 Å². The molecule has 2 rings (SSSR count). The molecule has 20 heavy (non-hydrogen) atoms. The molecule has 106 valence electrons. The average molecular weight is 281 g/mol. The van der Waals surface area contributed by atoms with Gasteiger partial charge in [-0.25, -0.2) is 0 Å². The molecule has 0 saturated heterocycles. The molecule has 0 aliphatic rings. The topological polar surface area (TPSA) is 21.3 Å². The quantitative estimate of drug-likeness (QED) is 0.906. The molecule has 2 aromatic rings. The van der Waals surface area contributed by atoms with Crippen LogP contribution in [0.2, 0.25) is 0 Å². The van der Waals surface area contributed by atoms with Gasteiger partial charge in [0.1, 0.15) is 11.5 Å². The van der Waals surface area contributed by atoms with Gasteiger partial charge in [0.15, 0.2) is 0 Å². The van der Waals surface area contributed by atoms with E-state index in [1.807, 2.05) is 6.07 Å². The Kier molecular flexibility index (Phi) is 4.29. The van der Waals surface area contributed by atoms with Gasteiger partial charge in [0.2, 0.25) is 0 Å². The zero-order valence-electron chi connectivity index (χ0n) is 10.9. The van der Waals surface area contributed by atoms with Crippen molar-refractivity contribution in [2.75, 3.05) is 7.05 Å². The lowest BCUT2D eigenvalue weighted by Crippen LogP contribution is -2.07. The third-order valence-corrected chi connectivity index (χ3v) is 2.70. The van der Waals surface area contributed by atoms with Crippen molar-refractivity contribution in [3.05, 3.63) is 59.7 Å². The Balaban J connectivity index is 2.28. The van der Waals surface area contributed by atoms with E-state index < -0.39 is 11.7 Å². The van der Waals surface area contributed by atoms with E-state index in [2.05, 4.69) is 5.32 Å². The van der Waals surface area contributed by atoms with Gasteiger partial charge < -0.3 is 10.1 Å². The zero-order valence-corrected chi connectivity index (χ0v) is 10.9. The fourth-order valence-electron chi connectivity index (χ4n) is 1.84. The number of hydrogen-bond donors (Lipinski definition) is 1. The van der Waals surface area contributed by atoms with Gasteiger partial charge in [-0.2, -0.15) is 13.2 Å². The third kappa shape index (κ3) is 3.51. The van der Waals surface area contributed by atoms with Crippen LogP contribution in [0.15, 0.2) is 48.5 Å². The largest absolute Gasteiger partial charge is 0.457 e. The molecule has 0 bridgehead atoms. The van der Waals surface area contributed by atoms with E-state index >= 15 is 0 Å². The number of para-hydroxylation sites is 1. The Morgan fingerprint density at radius 1 is 1.05 bits per heavy atom. The Bertz CT molecular complexity index is 581. The molecule has 0 radical (unpaired) electrons. The molecule has 0 aromatic heterocycles. The first-order valence-electron chi connectivity index (χ1n) is 6.08. The fourth-order valence-corrected chi connectivity index (χ4v) is 1.84. The van der Waals surface area contributed by atoms with Crippen LogP contribution in [-0.2, 0) is 12.7 Å². The molecular formula is C15H14F3NO. The van der Waals surface area contributed by atoms with Crippen molar-refractivity contribution in [1.82, 2.24) is 5.32 Å². The first-order chi connectivity index (χ1) is 9.50. The van der Waals surface area contributed by atoms with Crippen LogP contribution in [-0.4, -0.2) is 7.05 Å².